The predicted octanol–water partition coefficient (Wildman–Crippen LogP) is 6.25. The van der Waals surface area contributed by atoms with Crippen LogP contribution in [0.4, 0.5) is 4.39 Å². The zero-order valence-corrected chi connectivity index (χ0v) is 19.6. The lowest BCUT2D eigenvalue weighted by atomic mass is 10.1. The molecule has 1 fully saturated rings. The molecule has 0 spiro atoms. The van der Waals surface area contributed by atoms with Crippen LogP contribution in [0.2, 0.25) is 5.02 Å². The summed E-state index contributed by atoms with van der Waals surface area (Å²) in [5.41, 5.74) is 2.61. The zero-order chi connectivity index (χ0) is 23.1. The molecule has 0 N–H and O–H groups in total. The lowest BCUT2D eigenvalue weighted by molar-refractivity contribution is 0.0705. The molecule has 4 aromatic rings. The molecular formula is C24H20ClFN4O2S. The fraction of sp³-hybridized carbons (Fsp3) is 0.250. The SMILES string of the molecule is Cc1nc(C(=O)N2CCC[C@H]2c2nc(-c3cccc(Cl)c3C)no2)c(-c2cccc(F)c2)s1. The molecule has 1 atom stereocenters. The van der Waals surface area contributed by atoms with Crippen LogP contribution in [0.5, 0.6) is 0 Å². The second kappa shape index (κ2) is 8.68. The maximum Gasteiger partial charge on any atom is 0.274 e. The van der Waals surface area contributed by atoms with Crippen LogP contribution in [-0.2, 0) is 0 Å². The summed E-state index contributed by atoms with van der Waals surface area (Å²) in [7, 11) is 0. The lowest BCUT2D eigenvalue weighted by Gasteiger charge is -2.21. The molecule has 0 unspecified atom stereocenters. The molecule has 2 aromatic carbocycles. The van der Waals surface area contributed by atoms with Gasteiger partial charge in [-0.15, -0.1) is 11.3 Å². The Labute approximate surface area is 199 Å². The lowest BCUT2D eigenvalue weighted by Crippen LogP contribution is -2.31. The fourth-order valence-electron chi connectivity index (χ4n) is 4.13. The average molecular weight is 483 g/mol. The van der Waals surface area contributed by atoms with Crippen molar-refractivity contribution in [3.8, 4) is 21.8 Å². The third-order valence-electron chi connectivity index (χ3n) is 5.77. The van der Waals surface area contributed by atoms with E-state index in [1.807, 2.05) is 32.0 Å². The Bertz CT molecular complexity index is 1350. The quantitative estimate of drug-likeness (QED) is 0.344. The Hall–Kier alpha value is -3.10. The fourth-order valence-corrected chi connectivity index (χ4v) is 5.21. The van der Waals surface area contributed by atoms with E-state index in [4.69, 9.17) is 16.1 Å². The van der Waals surface area contributed by atoms with Crippen molar-refractivity contribution in [3.05, 3.63) is 75.5 Å². The van der Waals surface area contributed by atoms with E-state index in [0.717, 1.165) is 22.6 Å². The number of halogens is 2. The van der Waals surface area contributed by atoms with Gasteiger partial charge in [0.05, 0.1) is 9.88 Å². The molecule has 0 saturated carbocycles. The monoisotopic (exact) mass is 482 g/mol. The first kappa shape index (κ1) is 21.7. The van der Waals surface area contributed by atoms with E-state index in [0.29, 0.717) is 45.8 Å². The molecule has 1 aliphatic heterocycles. The van der Waals surface area contributed by atoms with Crippen LogP contribution in [-0.4, -0.2) is 32.5 Å². The number of amides is 1. The Morgan fingerprint density at radius 3 is 2.85 bits per heavy atom. The Kier molecular flexibility index (Phi) is 5.72. The smallest absolute Gasteiger partial charge is 0.274 e. The predicted molar refractivity (Wildman–Crippen MR) is 125 cm³/mol. The molecular weight excluding hydrogens is 463 g/mol. The van der Waals surface area contributed by atoms with Gasteiger partial charge in [0.2, 0.25) is 11.7 Å². The third kappa shape index (κ3) is 4.05. The summed E-state index contributed by atoms with van der Waals surface area (Å²) in [4.78, 5) is 25.0. The van der Waals surface area contributed by atoms with E-state index in [1.165, 1.54) is 23.5 Å². The second-order valence-corrected chi connectivity index (χ2v) is 9.56. The van der Waals surface area contributed by atoms with E-state index in [1.54, 1.807) is 17.0 Å². The van der Waals surface area contributed by atoms with E-state index in [-0.39, 0.29) is 17.8 Å². The Morgan fingerprint density at radius 2 is 2.03 bits per heavy atom. The minimum absolute atomic E-state index is 0.222. The van der Waals surface area contributed by atoms with Gasteiger partial charge in [0.25, 0.3) is 5.91 Å². The van der Waals surface area contributed by atoms with Crippen LogP contribution < -0.4 is 0 Å². The normalized spacial score (nSPS) is 15.9. The second-order valence-electron chi connectivity index (χ2n) is 7.95. The zero-order valence-electron chi connectivity index (χ0n) is 18.0. The van der Waals surface area contributed by atoms with Crippen molar-refractivity contribution in [2.75, 3.05) is 6.54 Å². The largest absolute Gasteiger partial charge is 0.337 e. The molecule has 0 radical (unpaired) electrons. The van der Waals surface area contributed by atoms with Crippen LogP contribution in [0, 0.1) is 19.7 Å². The van der Waals surface area contributed by atoms with Crippen molar-refractivity contribution >= 4 is 28.8 Å². The number of hydrogen-bond acceptors (Lipinski definition) is 6. The Balaban J connectivity index is 1.47. The van der Waals surface area contributed by atoms with Crippen molar-refractivity contribution in [2.24, 2.45) is 0 Å². The van der Waals surface area contributed by atoms with Gasteiger partial charge in [-0.25, -0.2) is 9.37 Å². The molecule has 6 nitrogen and oxygen atoms in total. The first-order valence-corrected chi connectivity index (χ1v) is 11.7. The number of carbonyl (C=O) groups is 1. The van der Waals surface area contributed by atoms with Crippen LogP contribution in [0.1, 0.15) is 45.8 Å². The number of carbonyl (C=O) groups excluding carboxylic acids is 1. The molecule has 3 heterocycles. The minimum Gasteiger partial charge on any atom is -0.337 e. The van der Waals surface area contributed by atoms with Crippen molar-refractivity contribution in [3.63, 3.8) is 0 Å². The summed E-state index contributed by atoms with van der Waals surface area (Å²) >= 11 is 7.61. The number of aromatic nitrogens is 3. The van der Waals surface area contributed by atoms with Gasteiger partial charge in [0.15, 0.2) is 0 Å². The van der Waals surface area contributed by atoms with E-state index < -0.39 is 0 Å². The molecule has 1 amide bonds. The molecule has 5 rings (SSSR count). The highest BCUT2D eigenvalue weighted by molar-refractivity contribution is 7.15. The molecule has 33 heavy (non-hydrogen) atoms. The standard InChI is InChI=1S/C24H20ClFN4O2S/c1-13-17(8-4-9-18(13)25)22-28-23(32-29-22)19-10-5-11-30(19)24(31)20-21(33-14(2)27-20)15-6-3-7-16(26)12-15/h3-4,6-9,12,19H,5,10-11H2,1-2H3/t19-/m0/s1. The van der Waals surface area contributed by atoms with E-state index in [9.17, 15) is 9.18 Å². The molecule has 2 aromatic heterocycles. The molecule has 168 valence electrons. The third-order valence-corrected chi connectivity index (χ3v) is 7.20. The average Bonchev–Trinajstić information content (AvgIpc) is 3.54. The van der Waals surface area contributed by atoms with Crippen molar-refractivity contribution < 1.29 is 13.7 Å². The highest BCUT2D eigenvalue weighted by atomic mass is 35.5. The van der Waals surface area contributed by atoms with Gasteiger partial charge in [-0.3, -0.25) is 4.79 Å². The number of likely N-dealkylation sites (tertiary alicyclic amines) is 1. The van der Waals surface area contributed by atoms with Crippen molar-refractivity contribution in [1.82, 2.24) is 20.0 Å². The minimum atomic E-state index is -0.356. The number of rotatable bonds is 4. The van der Waals surface area contributed by atoms with Gasteiger partial charge < -0.3 is 9.42 Å². The summed E-state index contributed by atoms with van der Waals surface area (Å²) in [5.74, 6) is 0.245. The van der Waals surface area contributed by atoms with Gasteiger partial charge in [-0.2, -0.15) is 4.98 Å². The Morgan fingerprint density at radius 1 is 1.21 bits per heavy atom. The highest BCUT2D eigenvalue weighted by Crippen LogP contribution is 2.37. The summed E-state index contributed by atoms with van der Waals surface area (Å²) in [6, 6.07) is 11.4. The number of hydrogen-bond donors (Lipinski definition) is 0. The summed E-state index contributed by atoms with van der Waals surface area (Å²) in [6.45, 7) is 4.29. The van der Waals surface area contributed by atoms with Crippen LogP contribution in [0.3, 0.4) is 0 Å². The van der Waals surface area contributed by atoms with Gasteiger partial charge in [-0.1, -0.05) is 41.0 Å². The summed E-state index contributed by atoms with van der Waals surface area (Å²) < 4.78 is 19.4. The first-order chi connectivity index (χ1) is 15.9. The van der Waals surface area contributed by atoms with Gasteiger partial charge in [-0.05, 0) is 56.0 Å². The van der Waals surface area contributed by atoms with Crippen LogP contribution in [0.15, 0.2) is 47.0 Å². The molecule has 0 bridgehead atoms. The first-order valence-electron chi connectivity index (χ1n) is 10.6. The van der Waals surface area contributed by atoms with E-state index >= 15 is 0 Å². The number of benzene rings is 2. The van der Waals surface area contributed by atoms with Crippen LogP contribution >= 0.6 is 22.9 Å². The van der Waals surface area contributed by atoms with Crippen molar-refractivity contribution in [1.29, 1.82) is 0 Å². The highest BCUT2D eigenvalue weighted by Gasteiger charge is 2.36. The summed E-state index contributed by atoms with van der Waals surface area (Å²) in [5, 5.41) is 5.51. The molecule has 1 saturated heterocycles. The molecule has 0 aliphatic carbocycles. The maximum absolute atomic E-state index is 13.8. The van der Waals surface area contributed by atoms with Gasteiger partial charge >= 0.3 is 0 Å². The van der Waals surface area contributed by atoms with Crippen molar-refractivity contribution in [2.45, 2.75) is 32.7 Å². The number of thiazole rings is 1. The molecule has 9 heteroatoms. The maximum atomic E-state index is 13.8. The van der Waals surface area contributed by atoms with Crippen LogP contribution in [0.25, 0.3) is 21.8 Å². The number of nitrogens with zero attached hydrogens (tertiary/aromatic N) is 4. The summed E-state index contributed by atoms with van der Waals surface area (Å²) in [6.07, 6.45) is 1.52. The number of aryl methyl sites for hydroxylation is 1. The molecule has 1 aliphatic rings. The topological polar surface area (TPSA) is 72.1 Å². The van der Waals surface area contributed by atoms with Gasteiger partial charge in [0, 0.05) is 17.1 Å². The van der Waals surface area contributed by atoms with E-state index in [2.05, 4.69) is 15.1 Å². The van der Waals surface area contributed by atoms with Gasteiger partial charge in [0.1, 0.15) is 17.6 Å².